The SMILES string of the molecule is COC(=O)CCc1cc(N)c(O[C@H]2CC[C@H](C)CC2)c(-c2ccc3ccccc3c2)c1. The first-order chi connectivity index (χ1) is 15.0. The van der Waals surface area contributed by atoms with Gasteiger partial charge in [0.15, 0.2) is 0 Å². The van der Waals surface area contributed by atoms with Crippen LogP contribution in [0.2, 0.25) is 0 Å². The number of benzene rings is 3. The van der Waals surface area contributed by atoms with E-state index < -0.39 is 0 Å². The summed E-state index contributed by atoms with van der Waals surface area (Å²) in [7, 11) is 1.42. The molecule has 1 saturated carbocycles. The topological polar surface area (TPSA) is 61.5 Å². The van der Waals surface area contributed by atoms with Gasteiger partial charge in [-0.25, -0.2) is 0 Å². The van der Waals surface area contributed by atoms with Gasteiger partial charge in [-0.1, -0.05) is 43.3 Å². The second kappa shape index (κ2) is 9.42. The van der Waals surface area contributed by atoms with E-state index in [2.05, 4.69) is 43.3 Å². The van der Waals surface area contributed by atoms with E-state index in [-0.39, 0.29) is 12.1 Å². The molecule has 0 radical (unpaired) electrons. The quantitative estimate of drug-likeness (QED) is 0.386. The minimum absolute atomic E-state index is 0.193. The van der Waals surface area contributed by atoms with E-state index in [4.69, 9.17) is 15.2 Å². The first-order valence-electron chi connectivity index (χ1n) is 11.2. The highest BCUT2D eigenvalue weighted by atomic mass is 16.5. The van der Waals surface area contributed by atoms with E-state index in [1.807, 2.05) is 18.2 Å². The van der Waals surface area contributed by atoms with Crippen molar-refractivity contribution in [3.8, 4) is 16.9 Å². The summed E-state index contributed by atoms with van der Waals surface area (Å²) in [5.74, 6) is 1.30. The average Bonchev–Trinajstić information content (AvgIpc) is 2.79. The van der Waals surface area contributed by atoms with Crippen LogP contribution in [0.5, 0.6) is 5.75 Å². The lowest BCUT2D eigenvalue weighted by molar-refractivity contribution is -0.140. The highest BCUT2D eigenvalue weighted by Crippen LogP contribution is 2.40. The molecule has 0 aliphatic heterocycles. The number of nitrogens with two attached hydrogens (primary N) is 1. The van der Waals surface area contributed by atoms with Crippen molar-refractivity contribution < 1.29 is 14.3 Å². The van der Waals surface area contributed by atoms with Gasteiger partial charge in [0.2, 0.25) is 0 Å². The van der Waals surface area contributed by atoms with Crippen LogP contribution in [0.15, 0.2) is 54.6 Å². The summed E-state index contributed by atoms with van der Waals surface area (Å²) in [5, 5.41) is 2.38. The van der Waals surface area contributed by atoms with Gasteiger partial charge >= 0.3 is 5.97 Å². The molecular formula is C27H31NO3. The van der Waals surface area contributed by atoms with Crippen LogP contribution in [-0.4, -0.2) is 19.2 Å². The van der Waals surface area contributed by atoms with Crippen molar-refractivity contribution in [2.45, 2.75) is 51.6 Å². The lowest BCUT2D eigenvalue weighted by Gasteiger charge is -2.28. The monoisotopic (exact) mass is 417 g/mol. The highest BCUT2D eigenvalue weighted by molar-refractivity contribution is 5.89. The lowest BCUT2D eigenvalue weighted by atomic mass is 9.88. The number of esters is 1. The fourth-order valence-corrected chi connectivity index (χ4v) is 4.42. The molecule has 4 rings (SSSR count). The number of fused-ring (bicyclic) bond motifs is 1. The summed E-state index contributed by atoms with van der Waals surface area (Å²) in [5.41, 5.74) is 10.2. The molecule has 0 aromatic heterocycles. The summed E-state index contributed by atoms with van der Waals surface area (Å²) in [6.45, 7) is 2.31. The molecule has 0 bridgehead atoms. The van der Waals surface area contributed by atoms with Crippen LogP contribution in [0.25, 0.3) is 21.9 Å². The van der Waals surface area contributed by atoms with Crippen LogP contribution in [0.3, 0.4) is 0 Å². The predicted octanol–water partition coefficient (Wildman–Crippen LogP) is 6.15. The molecule has 162 valence electrons. The molecule has 3 aromatic carbocycles. The van der Waals surface area contributed by atoms with Gasteiger partial charge in [-0.3, -0.25) is 4.79 Å². The van der Waals surface area contributed by atoms with E-state index in [0.29, 0.717) is 18.5 Å². The van der Waals surface area contributed by atoms with Gasteiger partial charge in [0, 0.05) is 12.0 Å². The Labute approximate surface area is 184 Å². The summed E-state index contributed by atoms with van der Waals surface area (Å²) in [6.07, 6.45) is 5.59. The zero-order chi connectivity index (χ0) is 21.8. The Bertz CT molecular complexity index is 1070. The van der Waals surface area contributed by atoms with Crippen molar-refractivity contribution in [2.75, 3.05) is 12.8 Å². The molecule has 1 aliphatic rings. The Kier molecular flexibility index (Phi) is 6.45. The fourth-order valence-electron chi connectivity index (χ4n) is 4.42. The van der Waals surface area contributed by atoms with E-state index in [9.17, 15) is 4.79 Å². The van der Waals surface area contributed by atoms with Gasteiger partial charge in [-0.05, 0) is 78.1 Å². The van der Waals surface area contributed by atoms with Crippen LogP contribution in [-0.2, 0) is 16.0 Å². The van der Waals surface area contributed by atoms with E-state index in [1.165, 1.54) is 30.7 Å². The fraction of sp³-hybridized carbons (Fsp3) is 0.370. The maximum absolute atomic E-state index is 11.6. The van der Waals surface area contributed by atoms with Crippen LogP contribution >= 0.6 is 0 Å². The Balaban J connectivity index is 1.72. The molecule has 0 saturated heterocycles. The molecular weight excluding hydrogens is 386 g/mol. The number of anilines is 1. The van der Waals surface area contributed by atoms with Crippen LogP contribution in [0, 0.1) is 5.92 Å². The Morgan fingerprint density at radius 2 is 1.74 bits per heavy atom. The molecule has 0 spiro atoms. The molecule has 0 heterocycles. The van der Waals surface area contributed by atoms with Crippen molar-refractivity contribution in [3.05, 3.63) is 60.2 Å². The highest BCUT2D eigenvalue weighted by Gasteiger charge is 2.22. The van der Waals surface area contributed by atoms with E-state index in [1.54, 1.807) is 0 Å². The zero-order valence-electron chi connectivity index (χ0n) is 18.4. The number of carbonyl (C=O) groups excluding carboxylic acids is 1. The minimum Gasteiger partial charge on any atom is -0.488 e. The Hall–Kier alpha value is -3.01. The van der Waals surface area contributed by atoms with Gasteiger partial charge in [0.1, 0.15) is 5.75 Å². The smallest absolute Gasteiger partial charge is 0.305 e. The molecule has 0 atom stereocenters. The number of hydrogen-bond donors (Lipinski definition) is 1. The van der Waals surface area contributed by atoms with E-state index in [0.717, 1.165) is 41.2 Å². The van der Waals surface area contributed by atoms with Gasteiger partial charge in [-0.15, -0.1) is 0 Å². The third-order valence-electron chi connectivity index (χ3n) is 6.33. The van der Waals surface area contributed by atoms with Crippen molar-refractivity contribution in [2.24, 2.45) is 5.92 Å². The van der Waals surface area contributed by atoms with Crippen LogP contribution in [0.4, 0.5) is 5.69 Å². The first-order valence-corrected chi connectivity index (χ1v) is 11.2. The summed E-state index contributed by atoms with van der Waals surface area (Å²) in [6, 6.07) is 18.8. The lowest BCUT2D eigenvalue weighted by Crippen LogP contribution is -2.23. The number of methoxy groups -OCH3 is 1. The largest absolute Gasteiger partial charge is 0.488 e. The van der Waals surface area contributed by atoms with E-state index >= 15 is 0 Å². The molecule has 1 aliphatic carbocycles. The third-order valence-corrected chi connectivity index (χ3v) is 6.33. The summed E-state index contributed by atoms with van der Waals surface area (Å²) in [4.78, 5) is 11.6. The number of ether oxygens (including phenoxy) is 2. The number of carbonyl (C=O) groups is 1. The van der Waals surface area contributed by atoms with Gasteiger partial charge in [0.25, 0.3) is 0 Å². The van der Waals surface area contributed by atoms with Gasteiger partial charge in [-0.2, -0.15) is 0 Å². The van der Waals surface area contributed by atoms with Crippen LogP contribution < -0.4 is 10.5 Å². The van der Waals surface area contributed by atoms with Crippen molar-refractivity contribution in [1.82, 2.24) is 0 Å². The standard InChI is InChI=1S/C27H31NO3/c1-18-7-12-23(13-8-18)31-27-24(15-19(16-25(27)28)9-14-26(29)30-2)22-11-10-20-5-3-4-6-21(20)17-22/h3-6,10-11,15-18,23H,7-9,12-14,28H2,1-2H3/t18-,23-. The van der Waals surface area contributed by atoms with Gasteiger partial charge in [0.05, 0.1) is 18.9 Å². The molecule has 31 heavy (non-hydrogen) atoms. The first kappa shape index (κ1) is 21.2. The molecule has 1 fully saturated rings. The molecule has 0 unspecified atom stereocenters. The Morgan fingerprint density at radius 1 is 1.00 bits per heavy atom. The summed E-state index contributed by atoms with van der Waals surface area (Å²) < 4.78 is 11.3. The number of rotatable bonds is 6. The molecule has 0 amide bonds. The molecule has 2 N–H and O–H groups in total. The zero-order valence-corrected chi connectivity index (χ0v) is 18.4. The third kappa shape index (κ3) is 5.01. The molecule has 4 nitrogen and oxygen atoms in total. The maximum atomic E-state index is 11.6. The molecule has 3 aromatic rings. The van der Waals surface area contributed by atoms with Crippen molar-refractivity contribution in [3.63, 3.8) is 0 Å². The normalized spacial score (nSPS) is 18.6. The number of nitrogen functional groups attached to an aromatic ring is 1. The maximum Gasteiger partial charge on any atom is 0.305 e. The predicted molar refractivity (Wildman–Crippen MR) is 126 cm³/mol. The average molecular weight is 418 g/mol. The number of aryl methyl sites for hydroxylation is 1. The summed E-state index contributed by atoms with van der Waals surface area (Å²) >= 11 is 0. The van der Waals surface area contributed by atoms with Crippen molar-refractivity contribution >= 4 is 22.4 Å². The van der Waals surface area contributed by atoms with Crippen LogP contribution in [0.1, 0.15) is 44.6 Å². The number of hydrogen-bond acceptors (Lipinski definition) is 4. The van der Waals surface area contributed by atoms with Gasteiger partial charge < -0.3 is 15.2 Å². The van der Waals surface area contributed by atoms with Crippen molar-refractivity contribution in [1.29, 1.82) is 0 Å². The second-order valence-corrected chi connectivity index (χ2v) is 8.70. The molecule has 4 heteroatoms. The Morgan fingerprint density at radius 3 is 2.48 bits per heavy atom. The second-order valence-electron chi connectivity index (χ2n) is 8.70. The minimum atomic E-state index is -0.220.